The Kier molecular flexibility index (Phi) is 4.53. The topological polar surface area (TPSA) is 71.1 Å². The number of ether oxygens (including phenoxy) is 1. The molecule has 0 radical (unpaired) electrons. The first-order valence-electron chi connectivity index (χ1n) is 9.15. The molecule has 0 bridgehead atoms. The molecule has 2 aliphatic rings. The second kappa shape index (κ2) is 6.96. The number of hydrogen-bond donors (Lipinski definition) is 1. The molecule has 4 rings (SSSR count). The lowest BCUT2D eigenvalue weighted by Gasteiger charge is -2.35. The minimum absolute atomic E-state index is 0.0259. The van der Waals surface area contributed by atoms with Gasteiger partial charge in [-0.05, 0) is 30.4 Å². The van der Waals surface area contributed by atoms with Crippen LogP contribution in [0, 0.1) is 0 Å². The lowest BCUT2D eigenvalue weighted by molar-refractivity contribution is -0.141. The molecule has 0 spiro atoms. The zero-order valence-corrected chi connectivity index (χ0v) is 14.6. The number of hydrogen-bond acceptors (Lipinski definition) is 4. The van der Waals surface area contributed by atoms with Crippen LogP contribution in [-0.4, -0.2) is 45.7 Å². The Balaban J connectivity index is 1.51. The summed E-state index contributed by atoms with van der Waals surface area (Å²) in [6.45, 7) is 3.72. The molecule has 2 atom stereocenters. The molecule has 6 nitrogen and oxygen atoms in total. The number of morpholine rings is 1. The largest absolute Gasteiger partial charge is 0.366 e. The third-order valence-corrected chi connectivity index (χ3v) is 5.22. The highest BCUT2D eigenvalue weighted by molar-refractivity contribution is 5.84. The van der Waals surface area contributed by atoms with Crippen molar-refractivity contribution in [1.82, 2.24) is 20.1 Å². The number of fused-ring (bicyclic) bond motifs is 1. The van der Waals surface area contributed by atoms with Crippen LogP contribution in [-0.2, 0) is 22.4 Å². The van der Waals surface area contributed by atoms with E-state index in [1.54, 1.807) is 0 Å². The van der Waals surface area contributed by atoms with Gasteiger partial charge in [-0.1, -0.05) is 31.2 Å². The SMILES string of the molecule is CCc1nc([C@H]2CN(C(=O)[C@H]3CCCc4ccccc43)CCO2)n[nH]1. The lowest BCUT2D eigenvalue weighted by atomic mass is 9.82. The summed E-state index contributed by atoms with van der Waals surface area (Å²) in [4.78, 5) is 19.6. The summed E-state index contributed by atoms with van der Waals surface area (Å²) in [5.41, 5.74) is 2.52. The Hall–Kier alpha value is -2.21. The summed E-state index contributed by atoms with van der Waals surface area (Å²) in [6, 6.07) is 8.35. The maximum absolute atomic E-state index is 13.2. The second-order valence-corrected chi connectivity index (χ2v) is 6.78. The van der Waals surface area contributed by atoms with E-state index in [1.807, 2.05) is 17.9 Å². The Morgan fingerprint density at radius 2 is 2.28 bits per heavy atom. The molecule has 1 N–H and O–H groups in total. The number of aromatic amines is 1. The number of nitrogens with zero attached hydrogens (tertiary/aromatic N) is 3. The number of amides is 1. The van der Waals surface area contributed by atoms with Crippen LogP contribution in [0.5, 0.6) is 0 Å². The van der Waals surface area contributed by atoms with E-state index < -0.39 is 0 Å². The highest BCUT2D eigenvalue weighted by atomic mass is 16.5. The van der Waals surface area contributed by atoms with Crippen LogP contribution in [0.2, 0.25) is 0 Å². The number of aryl methyl sites for hydroxylation is 2. The van der Waals surface area contributed by atoms with Crippen molar-refractivity contribution in [3.05, 3.63) is 47.0 Å². The zero-order valence-electron chi connectivity index (χ0n) is 14.6. The van der Waals surface area contributed by atoms with Gasteiger partial charge in [0, 0.05) is 13.0 Å². The maximum atomic E-state index is 13.2. The van der Waals surface area contributed by atoms with E-state index in [0.29, 0.717) is 25.5 Å². The van der Waals surface area contributed by atoms with Crippen LogP contribution >= 0.6 is 0 Å². The molecule has 2 aromatic rings. The molecule has 1 aliphatic carbocycles. The van der Waals surface area contributed by atoms with Gasteiger partial charge < -0.3 is 9.64 Å². The number of carbonyl (C=O) groups is 1. The molecule has 6 heteroatoms. The lowest BCUT2D eigenvalue weighted by Crippen LogP contribution is -2.45. The molecule has 1 fully saturated rings. The third kappa shape index (κ3) is 3.18. The first-order valence-corrected chi connectivity index (χ1v) is 9.15. The van der Waals surface area contributed by atoms with E-state index in [2.05, 4.69) is 33.4 Å². The predicted molar refractivity (Wildman–Crippen MR) is 93.2 cm³/mol. The first-order chi connectivity index (χ1) is 12.3. The number of nitrogens with one attached hydrogen (secondary N) is 1. The van der Waals surface area contributed by atoms with Gasteiger partial charge in [0.25, 0.3) is 0 Å². The van der Waals surface area contributed by atoms with Crippen molar-refractivity contribution in [2.45, 2.75) is 44.6 Å². The Morgan fingerprint density at radius 1 is 1.40 bits per heavy atom. The summed E-state index contributed by atoms with van der Waals surface area (Å²) in [7, 11) is 0. The number of rotatable bonds is 3. The first kappa shape index (κ1) is 16.3. The summed E-state index contributed by atoms with van der Waals surface area (Å²) in [6.07, 6.45) is 3.64. The average Bonchev–Trinajstić information content (AvgIpc) is 3.16. The Bertz CT molecular complexity index is 757. The fraction of sp³-hybridized carbons (Fsp3) is 0.526. The van der Waals surface area contributed by atoms with Crippen LogP contribution in [0.1, 0.15) is 54.6 Å². The van der Waals surface area contributed by atoms with Crippen LogP contribution in [0.3, 0.4) is 0 Å². The smallest absolute Gasteiger partial charge is 0.230 e. The van der Waals surface area contributed by atoms with Crippen LogP contribution in [0.25, 0.3) is 0 Å². The van der Waals surface area contributed by atoms with E-state index in [-0.39, 0.29) is 17.9 Å². The maximum Gasteiger partial charge on any atom is 0.230 e. The molecular weight excluding hydrogens is 316 g/mol. The molecule has 132 valence electrons. The standard InChI is InChI=1S/C19H24N4O2/c1-2-17-20-18(22-21-17)16-12-23(10-11-25-16)19(24)15-9-5-7-13-6-3-4-8-14(13)15/h3-4,6,8,15-16H,2,5,7,9-12H2,1H3,(H,20,21,22)/t15-,16+/m0/s1. The summed E-state index contributed by atoms with van der Waals surface area (Å²) < 4.78 is 5.82. The average molecular weight is 340 g/mol. The molecule has 0 saturated carbocycles. The van der Waals surface area contributed by atoms with E-state index in [1.165, 1.54) is 11.1 Å². The van der Waals surface area contributed by atoms with E-state index in [0.717, 1.165) is 31.5 Å². The van der Waals surface area contributed by atoms with Gasteiger partial charge in [-0.3, -0.25) is 9.89 Å². The number of carbonyl (C=O) groups excluding carboxylic acids is 1. The van der Waals surface area contributed by atoms with E-state index in [4.69, 9.17) is 4.74 Å². The third-order valence-electron chi connectivity index (χ3n) is 5.22. The second-order valence-electron chi connectivity index (χ2n) is 6.78. The minimum Gasteiger partial charge on any atom is -0.366 e. The fourth-order valence-electron chi connectivity index (χ4n) is 3.85. The fourth-order valence-corrected chi connectivity index (χ4v) is 3.85. The van der Waals surface area contributed by atoms with Crippen molar-refractivity contribution in [3.63, 3.8) is 0 Å². The van der Waals surface area contributed by atoms with Gasteiger partial charge in [-0.15, -0.1) is 0 Å². The molecule has 1 aliphatic heterocycles. The number of H-pyrrole nitrogens is 1. The molecule has 2 heterocycles. The van der Waals surface area contributed by atoms with Gasteiger partial charge in [0.1, 0.15) is 11.9 Å². The van der Waals surface area contributed by atoms with Crippen LogP contribution in [0.15, 0.2) is 24.3 Å². The van der Waals surface area contributed by atoms with E-state index >= 15 is 0 Å². The molecule has 25 heavy (non-hydrogen) atoms. The van der Waals surface area contributed by atoms with Gasteiger partial charge in [0.2, 0.25) is 5.91 Å². The van der Waals surface area contributed by atoms with Crippen molar-refractivity contribution in [2.24, 2.45) is 0 Å². The highest BCUT2D eigenvalue weighted by Crippen LogP contribution is 2.34. The summed E-state index contributed by atoms with van der Waals surface area (Å²) >= 11 is 0. The van der Waals surface area contributed by atoms with Crippen LogP contribution in [0.4, 0.5) is 0 Å². The van der Waals surface area contributed by atoms with Crippen molar-refractivity contribution in [3.8, 4) is 0 Å². The van der Waals surface area contributed by atoms with Gasteiger partial charge in [0.05, 0.1) is 19.1 Å². The predicted octanol–water partition coefficient (Wildman–Crippen LogP) is 2.39. The van der Waals surface area contributed by atoms with Gasteiger partial charge in [-0.2, -0.15) is 5.10 Å². The van der Waals surface area contributed by atoms with Crippen LogP contribution < -0.4 is 0 Å². The van der Waals surface area contributed by atoms with Crippen molar-refractivity contribution < 1.29 is 9.53 Å². The van der Waals surface area contributed by atoms with Gasteiger partial charge in [-0.25, -0.2) is 4.98 Å². The zero-order chi connectivity index (χ0) is 17.2. The van der Waals surface area contributed by atoms with Gasteiger partial charge in [0.15, 0.2) is 5.82 Å². The number of benzene rings is 1. The molecule has 1 aromatic heterocycles. The van der Waals surface area contributed by atoms with Crippen molar-refractivity contribution >= 4 is 5.91 Å². The molecule has 1 saturated heterocycles. The van der Waals surface area contributed by atoms with Crippen molar-refractivity contribution in [1.29, 1.82) is 0 Å². The summed E-state index contributed by atoms with van der Waals surface area (Å²) in [5.74, 6) is 1.69. The molecule has 1 amide bonds. The summed E-state index contributed by atoms with van der Waals surface area (Å²) in [5, 5.41) is 7.18. The molecule has 0 unspecified atom stereocenters. The Labute approximate surface area is 147 Å². The normalized spacial score (nSPS) is 23.3. The molecule has 1 aromatic carbocycles. The van der Waals surface area contributed by atoms with Crippen molar-refractivity contribution in [2.75, 3.05) is 19.7 Å². The minimum atomic E-state index is -0.243. The number of aromatic nitrogens is 3. The Morgan fingerprint density at radius 3 is 3.12 bits per heavy atom. The quantitative estimate of drug-likeness (QED) is 0.931. The highest BCUT2D eigenvalue weighted by Gasteiger charge is 2.34. The van der Waals surface area contributed by atoms with Gasteiger partial charge >= 0.3 is 0 Å². The monoisotopic (exact) mass is 340 g/mol. The molecular formula is C19H24N4O2. The van der Waals surface area contributed by atoms with E-state index in [9.17, 15) is 4.79 Å².